The molecule has 1 aromatic carbocycles. The Morgan fingerprint density at radius 2 is 1.97 bits per heavy atom. The molecule has 0 spiro atoms. The van der Waals surface area contributed by atoms with Crippen LogP contribution in [-0.4, -0.2) is 52.3 Å². The second-order valence-corrected chi connectivity index (χ2v) is 7.96. The molecule has 1 atom stereocenters. The lowest BCUT2D eigenvalue weighted by molar-refractivity contribution is -0.139. The highest BCUT2D eigenvalue weighted by Gasteiger charge is 2.33. The Morgan fingerprint density at radius 1 is 1.21 bits per heavy atom. The van der Waals surface area contributed by atoms with E-state index in [0.717, 1.165) is 17.8 Å². The van der Waals surface area contributed by atoms with Gasteiger partial charge < -0.3 is 10.2 Å². The van der Waals surface area contributed by atoms with Crippen LogP contribution in [0.2, 0.25) is 0 Å². The van der Waals surface area contributed by atoms with Crippen LogP contribution in [0.3, 0.4) is 0 Å². The molecule has 29 heavy (non-hydrogen) atoms. The molecule has 1 saturated heterocycles. The molecule has 0 aliphatic carbocycles. The Labute approximate surface area is 172 Å². The summed E-state index contributed by atoms with van der Waals surface area (Å²) >= 11 is 0. The molecule has 6 heteroatoms. The molecule has 1 unspecified atom stereocenters. The van der Waals surface area contributed by atoms with E-state index in [9.17, 15) is 9.59 Å². The lowest BCUT2D eigenvalue weighted by Crippen LogP contribution is -2.56. The minimum absolute atomic E-state index is 0.00975. The summed E-state index contributed by atoms with van der Waals surface area (Å²) in [6, 6.07) is 15.4. The standard InChI is InChI=1S/C23H30N4O2/c1-18(2)15-27(17-20-10-6-7-11-24-20)22(28)14-21-23(29)25-12-13-26(21)16-19-8-4-3-5-9-19/h3-11,18,21H,12-17H2,1-2H3,(H,25,29). The Bertz CT molecular complexity index is 795. The zero-order chi connectivity index (χ0) is 20.6. The first kappa shape index (κ1) is 21.0. The molecule has 3 rings (SSSR count). The lowest BCUT2D eigenvalue weighted by Gasteiger charge is -2.36. The van der Waals surface area contributed by atoms with Crippen LogP contribution >= 0.6 is 0 Å². The second kappa shape index (κ2) is 10.2. The Morgan fingerprint density at radius 3 is 2.66 bits per heavy atom. The van der Waals surface area contributed by atoms with Gasteiger partial charge in [-0.25, -0.2) is 0 Å². The molecule has 2 amide bonds. The fourth-order valence-electron chi connectivity index (χ4n) is 3.67. The summed E-state index contributed by atoms with van der Waals surface area (Å²) in [5.41, 5.74) is 2.00. The number of nitrogens with zero attached hydrogens (tertiary/aromatic N) is 3. The van der Waals surface area contributed by atoms with Crippen molar-refractivity contribution in [3.63, 3.8) is 0 Å². The number of pyridine rings is 1. The first-order valence-corrected chi connectivity index (χ1v) is 10.3. The van der Waals surface area contributed by atoms with Gasteiger partial charge in [-0.1, -0.05) is 50.2 Å². The number of hydrogen-bond donors (Lipinski definition) is 1. The fourth-order valence-corrected chi connectivity index (χ4v) is 3.67. The first-order valence-electron chi connectivity index (χ1n) is 10.3. The molecule has 1 aliphatic heterocycles. The van der Waals surface area contributed by atoms with Crippen molar-refractivity contribution in [2.45, 2.75) is 39.4 Å². The number of benzene rings is 1. The van der Waals surface area contributed by atoms with Crippen LogP contribution in [0.25, 0.3) is 0 Å². The smallest absolute Gasteiger partial charge is 0.237 e. The molecule has 154 valence electrons. The van der Waals surface area contributed by atoms with Crippen molar-refractivity contribution in [3.8, 4) is 0 Å². The van der Waals surface area contributed by atoms with E-state index in [1.54, 1.807) is 6.20 Å². The summed E-state index contributed by atoms with van der Waals surface area (Å²) in [5, 5.41) is 2.92. The van der Waals surface area contributed by atoms with Crippen molar-refractivity contribution in [1.29, 1.82) is 0 Å². The van der Waals surface area contributed by atoms with Crippen LogP contribution < -0.4 is 5.32 Å². The molecule has 6 nitrogen and oxygen atoms in total. The van der Waals surface area contributed by atoms with E-state index >= 15 is 0 Å². The van der Waals surface area contributed by atoms with Gasteiger partial charge in [0.05, 0.1) is 24.7 Å². The average Bonchev–Trinajstić information content (AvgIpc) is 2.71. The van der Waals surface area contributed by atoms with Crippen molar-refractivity contribution in [3.05, 3.63) is 66.0 Å². The topological polar surface area (TPSA) is 65.5 Å². The third-order valence-corrected chi connectivity index (χ3v) is 5.06. The second-order valence-electron chi connectivity index (χ2n) is 7.96. The van der Waals surface area contributed by atoms with Gasteiger partial charge in [-0.05, 0) is 23.6 Å². The van der Waals surface area contributed by atoms with Crippen molar-refractivity contribution in [1.82, 2.24) is 20.1 Å². The van der Waals surface area contributed by atoms with Gasteiger partial charge in [-0.2, -0.15) is 0 Å². The van der Waals surface area contributed by atoms with E-state index < -0.39 is 6.04 Å². The summed E-state index contributed by atoms with van der Waals surface area (Å²) in [4.78, 5) is 34.1. The Hall–Kier alpha value is -2.73. The highest BCUT2D eigenvalue weighted by atomic mass is 16.2. The normalized spacial score (nSPS) is 17.2. The Balaban J connectivity index is 1.71. The molecule has 0 radical (unpaired) electrons. The van der Waals surface area contributed by atoms with E-state index in [0.29, 0.717) is 32.1 Å². The van der Waals surface area contributed by atoms with Gasteiger partial charge >= 0.3 is 0 Å². The number of hydrogen-bond acceptors (Lipinski definition) is 4. The largest absolute Gasteiger partial charge is 0.353 e. The maximum atomic E-state index is 13.2. The number of nitrogens with one attached hydrogen (secondary N) is 1. The number of carbonyl (C=O) groups is 2. The van der Waals surface area contributed by atoms with E-state index in [-0.39, 0.29) is 18.2 Å². The molecule has 0 saturated carbocycles. The van der Waals surface area contributed by atoms with Crippen LogP contribution in [0.1, 0.15) is 31.5 Å². The number of rotatable bonds is 8. The van der Waals surface area contributed by atoms with Crippen molar-refractivity contribution in [2.75, 3.05) is 19.6 Å². The van der Waals surface area contributed by atoms with Gasteiger partial charge in [-0.3, -0.25) is 19.5 Å². The summed E-state index contributed by atoms with van der Waals surface area (Å²) in [7, 11) is 0. The van der Waals surface area contributed by atoms with Crippen molar-refractivity contribution < 1.29 is 9.59 Å². The van der Waals surface area contributed by atoms with Crippen LogP contribution in [0, 0.1) is 5.92 Å². The van der Waals surface area contributed by atoms with E-state index in [2.05, 4.69) is 41.2 Å². The third kappa shape index (κ3) is 6.12. The van der Waals surface area contributed by atoms with Gasteiger partial charge in [-0.15, -0.1) is 0 Å². The molecule has 2 heterocycles. The fraction of sp³-hybridized carbons (Fsp3) is 0.435. The maximum Gasteiger partial charge on any atom is 0.237 e. The number of aromatic nitrogens is 1. The number of amides is 2. The van der Waals surface area contributed by atoms with Gasteiger partial charge in [0.25, 0.3) is 0 Å². The van der Waals surface area contributed by atoms with Gasteiger partial charge in [0.1, 0.15) is 0 Å². The predicted molar refractivity (Wildman–Crippen MR) is 113 cm³/mol. The monoisotopic (exact) mass is 394 g/mol. The third-order valence-electron chi connectivity index (χ3n) is 5.06. The average molecular weight is 395 g/mol. The quantitative estimate of drug-likeness (QED) is 0.747. The zero-order valence-corrected chi connectivity index (χ0v) is 17.3. The molecule has 1 N–H and O–H groups in total. The van der Waals surface area contributed by atoms with Crippen LogP contribution in [0.5, 0.6) is 0 Å². The highest BCUT2D eigenvalue weighted by molar-refractivity contribution is 5.88. The minimum atomic E-state index is -0.449. The molecule has 1 aromatic heterocycles. The van der Waals surface area contributed by atoms with Gasteiger partial charge in [0.2, 0.25) is 11.8 Å². The van der Waals surface area contributed by atoms with Crippen molar-refractivity contribution >= 4 is 11.8 Å². The predicted octanol–water partition coefficient (Wildman–Crippen LogP) is 2.46. The molecular weight excluding hydrogens is 364 g/mol. The first-order chi connectivity index (χ1) is 14.0. The Kier molecular flexibility index (Phi) is 7.36. The highest BCUT2D eigenvalue weighted by Crippen LogP contribution is 2.16. The SMILES string of the molecule is CC(C)CN(Cc1ccccn1)C(=O)CC1C(=O)NCCN1Cc1ccccc1. The molecule has 0 bridgehead atoms. The van der Waals surface area contributed by atoms with Crippen molar-refractivity contribution in [2.24, 2.45) is 5.92 Å². The van der Waals surface area contributed by atoms with E-state index in [1.807, 2.05) is 41.3 Å². The lowest BCUT2D eigenvalue weighted by atomic mass is 10.1. The number of piperazine rings is 1. The molecule has 2 aromatic rings. The van der Waals surface area contributed by atoms with E-state index in [4.69, 9.17) is 0 Å². The van der Waals surface area contributed by atoms with Crippen LogP contribution in [0.15, 0.2) is 54.7 Å². The number of carbonyl (C=O) groups excluding carboxylic acids is 2. The molecular formula is C23H30N4O2. The van der Waals surface area contributed by atoms with Crippen LogP contribution in [0.4, 0.5) is 0 Å². The minimum Gasteiger partial charge on any atom is -0.353 e. The molecule has 1 aliphatic rings. The summed E-state index contributed by atoms with van der Waals surface area (Å²) in [6.45, 7) is 7.30. The van der Waals surface area contributed by atoms with Gasteiger partial charge in [0.15, 0.2) is 0 Å². The molecule has 1 fully saturated rings. The van der Waals surface area contributed by atoms with Gasteiger partial charge in [0, 0.05) is 32.4 Å². The zero-order valence-electron chi connectivity index (χ0n) is 17.3. The maximum absolute atomic E-state index is 13.2. The summed E-state index contributed by atoms with van der Waals surface area (Å²) in [6.07, 6.45) is 1.92. The summed E-state index contributed by atoms with van der Waals surface area (Å²) < 4.78 is 0. The van der Waals surface area contributed by atoms with Crippen LogP contribution in [-0.2, 0) is 22.7 Å². The van der Waals surface area contributed by atoms with E-state index in [1.165, 1.54) is 0 Å². The summed E-state index contributed by atoms with van der Waals surface area (Å²) in [5.74, 6) is 0.260.